The Morgan fingerprint density at radius 1 is 1.00 bits per heavy atom. The number of morpholine rings is 1. The molecule has 2 heterocycles. The molecular formula is C30H30FN3O3S. The van der Waals surface area contributed by atoms with Crippen LogP contribution in [0.15, 0.2) is 82.6 Å². The van der Waals surface area contributed by atoms with E-state index in [4.69, 9.17) is 4.74 Å². The van der Waals surface area contributed by atoms with Crippen LogP contribution in [0.25, 0.3) is 6.08 Å². The average molecular weight is 532 g/mol. The van der Waals surface area contributed by atoms with E-state index in [9.17, 15) is 14.0 Å². The third-order valence-electron chi connectivity index (χ3n) is 6.60. The first-order chi connectivity index (χ1) is 18.6. The molecule has 38 heavy (non-hydrogen) atoms. The molecule has 5 rings (SSSR count). The van der Waals surface area contributed by atoms with E-state index < -0.39 is 0 Å². The number of nitrogens with one attached hydrogen (secondary N) is 1. The molecule has 3 aromatic rings. The molecule has 1 saturated heterocycles. The van der Waals surface area contributed by atoms with Gasteiger partial charge in [0.05, 0.1) is 30.4 Å². The highest BCUT2D eigenvalue weighted by Gasteiger charge is 2.29. The van der Waals surface area contributed by atoms with E-state index in [-0.39, 0.29) is 17.6 Å². The Kier molecular flexibility index (Phi) is 8.53. The van der Waals surface area contributed by atoms with E-state index in [1.807, 2.05) is 42.5 Å². The molecule has 2 aliphatic rings. The van der Waals surface area contributed by atoms with Crippen LogP contribution in [0.1, 0.15) is 27.9 Å². The molecule has 2 aliphatic heterocycles. The van der Waals surface area contributed by atoms with Crippen molar-refractivity contribution in [2.24, 2.45) is 0 Å². The largest absolute Gasteiger partial charge is 0.379 e. The maximum absolute atomic E-state index is 13.5. The van der Waals surface area contributed by atoms with Gasteiger partial charge in [-0.15, -0.1) is 0 Å². The highest BCUT2D eigenvalue weighted by atomic mass is 32.2. The molecular weight excluding hydrogens is 501 g/mol. The van der Waals surface area contributed by atoms with Crippen LogP contribution in [0.5, 0.6) is 0 Å². The second-order valence-electron chi connectivity index (χ2n) is 9.28. The summed E-state index contributed by atoms with van der Waals surface area (Å²) in [5, 5.41) is 2.99. The fraction of sp³-hybridized carbons (Fsp3) is 0.267. The van der Waals surface area contributed by atoms with Gasteiger partial charge >= 0.3 is 0 Å². The van der Waals surface area contributed by atoms with Gasteiger partial charge in [0, 0.05) is 30.1 Å². The van der Waals surface area contributed by atoms with Gasteiger partial charge in [0.1, 0.15) is 5.82 Å². The first kappa shape index (κ1) is 26.2. The molecule has 3 aromatic carbocycles. The Morgan fingerprint density at radius 2 is 1.74 bits per heavy atom. The van der Waals surface area contributed by atoms with Crippen LogP contribution in [0.4, 0.5) is 10.1 Å². The zero-order valence-electron chi connectivity index (χ0n) is 21.1. The number of thioether (sulfide) groups is 1. The van der Waals surface area contributed by atoms with Crippen molar-refractivity contribution in [1.29, 1.82) is 0 Å². The molecule has 0 bridgehead atoms. The van der Waals surface area contributed by atoms with Crippen molar-refractivity contribution in [1.82, 2.24) is 10.2 Å². The number of para-hydroxylation sites is 1. The molecule has 2 amide bonds. The number of amides is 2. The summed E-state index contributed by atoms with van der Waals surface area (Å²) in [5.74, 6) is -0.519. The summed E-state index contributed by atoms with van der Waals surface area (Å²) < 4.78 is 18.8. The highest BCUT2D eigenvalue weighted by Crippen LogP contribution is 2.42. The standard InChI is InChI=1S/C30H30FN3O3S/c31-25-12-8-23(9-13-25)21-34-26-4-1-2-5-27(26)38-28(30(34)36)20-22-6-10-24(11-7-22)29(35)32-14-3-15-33-16-18-37-19-17-33/h1-2,4-13,20H,3,14-19,21H2,(H,32,35). The van der Waals surface area contributed by atoms with Gasteiger partial charge in [0.15, 0.2) is 0 Å². The van der Waals surface area contributed by atoms with Crippen LogP contribution in [0.3, 0.4) is 0 Å². The van der Waals surface area contributed by atoms with Gasteiger partial charge in [-0.05, 0) is 66.6 Å². The van der Waals surface area contributed by atoms with Crippen LogP contribution < -0.4 is 10.2 Å². The Bertz CT molecular complexity index is 1310. The Labute approximate surface area is 226 Å². The summed E-state index contributed by atoms with van der Waals surface area (Å²) in [6.45, 7) is 5.36. The molecule has 0 spiro atoms. The first-order valence-electron chi connectivity index (χ1n) is 12.8. The number of nitrogens with zero attached hydrogens (tertiary/aromatic N) is 2. The highest BCUT2D eigenvalue weighted by molar-refractivity contribution is 8.04. The second-order valence-corrected chi connectivity index (χ2v) is 10.4. The average Bonchev–Trinajstić information content (AvgIpc) is 2.95. The molecule has 0 saturated carbocycles. The lowest BCUT2D eigenvalue weighted by Gasteiger charge is -2.30. The van der Waals surface area contributed by atoms with Crippen molar-refractivity contribution in [3.05, 3.63) is 100 Å². The molecule has 0 aliphatic carbocycles. The van der Waals surface area contributed by atoms with Crippen LogP contribution in [0, 0.1) is 5.82 Å². The SMILES string of the molecule is O=C(NCCCN1CCOCC1)c1ccc(C=C2Sc3ccccc3N(Cc3ccc(F)cc3)C2=O)cc1. The lowest BCUT2D eigenvalue weighted by Crippen LogP contribution is -2.38. The van der Waals surface area contributed by atoms with E-state index >= 15 is 0 Å². The maximum atomic E-state index is 13.5. The van der Waals surface area contributed by atoms with Gasteiger partial charge in [0.25, 0.3) is 11.8 Å². The number of rotatable bonds is 8. The fourth-order valence-electron chi connectivity index (χ4n) is 4.51. The summed E-state index contributed by atoms with van der Waals surface area (Å²) in [7, 11) is 0. The third-order valence-corrected chi connectivity index (χ3v) is 7.67. The zero-order valence-corrected chi connectivity index (χ0v) is 21.9. The molecule has 196 valence electrons. The van der Waals surface area contributed by atoms with Crippen molar-refractivity contribution in [3.63, 3.8) is 0 Å². The van der Waals surface area contributed by atoms with Crippen LogP contribution in [0.2, 0.25) is 0 Å². The summed E-state index contributed by atoms with van der Waals surface area (Å²) in [6.07, 6.45) is 2.75. The monoisotopic (exact) mass is 531 g/mol. The fourth-order valence-corrected chi connectivity index (χ4v) is 5.56. The molecule has 8 heteroatoms. The molecule has 0 unspecified atom stereocenters. The lowest BCUT2D eigenvalue weighted by atomic mass is 10.1. The van der Waals surface area contributed by atoms with Crippen molar-refractivity contribution >= 4 is 35.3 Å². The number of anilines is 1. The number of hydrogen-bond acceptors (Lipinski definition) is 5. The smallest absolute Gasteiger partial charge is 0.265 e. The summed E-state index contributed by atoms with van der Waals surface area (Å²) in [6, 6.07) is 21.3. The van der Waals surface area contributed by atoms with E-state index in [0.29, 0.717) is 23.6 Å². The molecule has 0 atom stereocenters. The predicted octanol–water partition coefficient (Wildman–Crippen LogP) is 4.96. The number of hydrogen-bond donors (Lipinski definition) is 1. The van der Waals surface area contributed by atoms with E-state index in [0.717, 1.165) is 61.0 Å². The van der Waals surface area contributed by atoms with Crippen LogP contribution in [-0.2, 0) is 16.1 Å². The van der Waals surface area contributed by atoms with Crippen molar-refractivity contribution in [2.45, 2.75) is 17.9 Å². The van der Waals surface area contributed by atoms with E-state index in [1.165, 1.54) is 23.9 Å². The van der Waals surface area contributed by atoms with Crippen molar-refractivity contribution < 1.29 is 18.7 Å². The van der Waals surface area contributed by atoms with Crippen LogP contribution in [-0.4, -0.2) is 56.1 Å². The molecule has 1 fully saturated rings. The molecule has 6 nitrogen and oxygen atoms in total. The van der Waals surface area contributed by atoms with E-state index in [2.05, 4.69) is 10.2 Å². The number of fused-ring (bicyclic) bond motifs is 1. The topological polar surface area (TPSA) is 61.9 Å². The summed E-state index contributed by atoms with van der Waals surface area (Å²) in [5.41, 5.74) is 3.11. The molecule has 1 N–H and O–H groups in total. The number of benzene rings is 3. The number of carbonyl (C=O) groups is 2. The van der Waals surface area contributed by atoms with E-state index in [1.54, 1.807) is 29.2 Å². The summed E-state index contributed by atoms with van der Waals surface area (Å²) >= 11 is 1.43. The van der Waals surface area contributed by atoms with Gasteiger partial charge < -0.3 is 15.0 Å². The number of ether oxygens (including phenoxy) is 1. The molecule has 0 radical (unpaired) electrons. The lowest BCUT2D eigenvalue weighted by molar-refractivity contribution is -0.114. The minimum Gasteiger partial charge on any atom is -0.379 e. The normalized spacial score (nSPS) is 16.9. The molecule has 0 aromatic heterocycles. The van der Waals surface area contributed by atoms with Gasteiger partial charge in [-0.1, -0.05) is 48.2 Å². The number of carbonyl (C=O) groups excluding carboxylic acids is 2. The Hall–Kier alpha value is -3.46. The minimum atomic E-state index is -0.305. The van der Waals surface area contributed by atoms with Crippen LogP contribution >= 0.6 is 11.8 Å². The minimum absolute atomic E-state index is 0.103. The van der Waals surface area contributed by atoms with Crippen molar-refractivity contribution in [2.75, 3.05) is 44.3 Å². The maximum Gasteiger partial charge on any atom is 0.265 e. The third kappa shape index (κ3) is 6.51. The predicted molar refractivity (Wildman–Crippen MR) is 149 cm³/mol. The van der Waals surface area contributed by atoms with Gasteiger partial charge in [-0.25, -0.2) is 4.39 Å². The van der Waals surface area contributed by atoms with Gasteiger partial charge in [-0.2, -0.15) is 0 Å². The quantitative estimate of drug-likeness (QED) is 0.329. The second kappa shape index (κ2) is 12.4. The first-order valence-corrected chi connectivity index (χ1v) is 13.6. The summed E-state index contributed by atoms with van der Waals surface area (Å²) in [4.78, 5) is 31.7. The zero-order chi connectivity index (χ0) is 26.3. The Balaban J connectivity index is 1.24. The van der Waals surface area contributed by atoms with Crippen molar-refractivity contribution in [3.8, 4) is 0 Å². The van der Waals surface area contributed by atoms with Gasteiger partial charge in [-0.3, -0.25) is 14.5 Å². The Morgan fingerprint density at radius 3 is 2.50 bits per heavy atom. The van der Waals surface area contributed by atoms with Gasteiger partial charge in [0.2, 0.25) is 0 Å². The number of halogens is 1.